The van der Waals surface area contributed by atoms with Gasteiger partial charge in [-0.25, -0.2) is 4.39 Å². The fourth-order valence-electron chi connectivity index (χ4n) is 3.65. The molecule has 3 aromatic rings. The number of nitrogens with one attached hydrogen (secondary N) is 1. The van der Waals surface area contributed by atoms with Crippen LogP contribution in [0, 0.1) is 5.82 Å². The van der Waals surface area contributed by atoms with Gasteiger partial charge in [-0.3, -0.25) is 9.59 Å². The third-order valence-electron chi connectivity index (χ3n) is 5.74. The van der Waals surface area contributed by atoms with Gasteiger partial charge in [-0.2, -0.15) is 0 Å². The molecule has 3 aromatic carbocycles. The van der Waals surface area contributed by atoms with E-state index in [0.717, 1.165) is 23.1 Å². The summed E-state index contributed by atoms with van der Waals surface area (Å²) in [6, 6.07) is 24.6. The third-order valence-corrected chi connectivity index (χ3v) is 5.74. The Morgan fingerprint density at radius 3 is 2.00 bits per heavy atom. The Morgan fingerprint density at radius 2 is 1.42 bits per heavy atom. The lowest BCUT2D eigenvalue weighted by atomic mass is 10.0. The second-order valence-electron chi connectivity index (χ2n) is 8.33. The summed E-state index contributed by atoms with van der Waals surface area (Å²) >= 11 is 0. The molecular formula is C28H31FN2O2. The van der Waals surface area contributed by atoms with Crippen LogP contribution in [-0.4, -0.2) is 28.8 Å². The fraction of sp³-hybridized carbons (Fsp3) is 0.286. The Labute approximate surface area is 195 Å². The molecule has 0 aromatic heterocycles. The summed E-state index contributed by atoms with van der Waals surface area (Å²) in [6.07, 6.45) is 1.37. The Kier molecular flexibility index (Phi) is 8.76. The van der Waals surface area contributed by atoms with Crippen molar-refractivity contribution in [1.29, 1.82) is 0 Å². The van der Waals surface area contributed by atoms with Gasteiger partial charge in [-0.1, -0.05) is 79.7 Å². The van der Waals surface area contributed by atoms with E-state index in [1.54, 1.807) is 17.0 Å². The van der Waals surface area contributed by atoms with Crippen molar-refractivity contribution in [1.82, 2.24) is 10.2 Å². The molecule has 0 saturated carbocycles. The molecule has 3 rings (SSSR count). The number of carbonyl (C=O) groups is 2. The molecule has 0 saturated heterocycles. The number of benzene rings is 3. The summed E-state index contributed by atoms with van der Waals surface area (Å²) in [5, 5.41) is 3.05. The first kappa shape index (κ1) is 24.2. The molecule has 0 radical (unpaired) electrons. The van der Waals surface area contributed by atoms with E-state index in [4.69, 9.17) is 0 Å². The van der Waals surface area contributed by atoms with Crippen LogP contribution < -0.4 is 5.32 Å². The summed E-state index contributed by atoms with van der Waals surface area (Å²) in [5.41, 5.74) is 2.62. The topological polar surface area (TPSA) is 49.4 Å². The first-order valence-corrected chi connectivity index (χ1v) is 11.4. The van der Waals surface area contributed by atoms with Crippen molar-refractivity contribution >= 4 is 11.8 Å². The van der Waals surface area contributed by atoms with E-state index in [1.807, 2.05) is 74.5 Å². The molecule has 0 aliphatic rings. The van der Waals surface area contributed by atoms with E-state index in [0.29, 0.717) is 6.42 Å². The molecular weight excluding hydrogens is 415 g/mol. The maximum atomic E-state index is 13.5. The van der Waals surface area contributed by atoms with Crippen LogP contribution in [0.5, 0.6) is 0 Å². The average Bonchev–Trinajstić information content (AvgIpc) is 2.83. The van der Waals surface area contributed by atoms with Gasteiger partial charge in [0.2, 0.25) is 11.8 Å². The van der Waals surface area contributed by atoms with Crippen LogP contribution in [0.2, 0.25) is 0 Å². The van der Waals surface area contributed by atoms with Gasteiger partial charge in [0.25, 0.3) is 0 Å². The quantitative estimate of drug-likeness (QED) is 0.480. The summed E-state index contributed by atoms with van der Waals surface area (Å²) in [5.74, 6) is -0.668. The van der Waals surface area contributed by atoms with Crippen molar-refractivity contribution in [3.05, 3.63) is 107 Å². The number of nitrogens with zero attached hydrogens (tertiary/aromatic N) is 1. The van der Waals surface area contributed by atoms with Crippen molar-refractivity contribution in [2.75, 3.05) is 0 Å². The first-order chi connectivity index (χ1) is 16.0. The molecule has 2 amide bonds. The smallest absolute Gasteiger partial charge is 0.243 e. The van der Waals surface area contributed by atoms with E-state index in [9.17, 15) is 14.0 Å². The largest absolute Gasteiger partial charge is 0.352 e. The summed E-state index contributed by atoms with van der Waals surface area (Å²) in [7, 11) is 0. The summed E-state index contributed by atoms with van der Waals surface area (Å²) < 4.78 is 13.5. The van der Waals surface area contributed by atoms with Crippen LogP contribution >= 0.6 is 0 Å². The molecule has 33 heavy (non-hydrogen) atoms. The number of amides is 2. The average molecular weight is 447 g/mol. The van der Waals surface area contributed by atoms with Crippen molar-refractivity contribution < 1.29 is 14.0 Å². The highest BCUT2D eigenvalue weighted by molar-refractivity contribution is 5.89. The van der Waals surface area contributed by atoms with Gasteiger partial charge in [0.05, 0.1) is 6.42 Å². The highest BCUT2D eigenvalue weighted by atomic mass is 19.1. The molecule has 5 heteroatoms. The predicted octanol–water partition coefficient (Wildman–Crippen LogP) is 4.92. The van der Waals surface area contributed by atoms with E-state index in [-0.39, 0.29) is 36.6 Å². The fourth-order valence-corrected chi connectivity index (χ4v) is 3.65. The highest BCUT2D eigenvalue weighted by Gasteiger charge is 2.31. The second-order valence-corrected chi connectivity index (χ2v) is 8.33. The molecule has 0 unspecified atom stereocenters. The zero-order chi connectivity index (χ0) is 23.6. The number of hydrogen-bond donors (Lipinski definition) is 1. The Morgan fingerprint density at radius 1 is 0.848 bits per heavy atom. The van der Waals surface area contributed by atoms with Crippen LogP contribution in [-0.2, 0) is 29.0 Å². The van der Waals surface area contributed by atoms with Gasteiger partial charge in [0, 0.05) is 19.0 Å². The van der Waals surface area contributed by atoms with Crippen LogP contribution in [0.25, 0.3) is 0 Å². The minimum atomic E-state index is -0.692. The SMILES string of the molecule is CC[C@H](C)NC(=O)[C@H](Cc1ccccc1)N(Cc1ccc(F)cc1)C(=O)Cc1ccccc1. The summed E-state index contributed by atoms with van der Waals surface area (Å²) in [4.78, 5) is 28.6. The molecule has 0 aliphatic heterocycles. The first-order valence-electron chi connectivity index (χ1n) is 11.4. The highest BCUT2D eigenvalue weighted by Crippen LogP contribution is 2.17. The van der Waals surface area contributed by atoms with Crippen LogP contribution in [0.3, 0.4) is 0 Å². The van der Waals surface area contributed by atoms with Crippen molar-refractivity contribution in [2.24, 2.45) is 0 Å². The maximum absolute atomic E-state index is 13.5. The van der Waals surface area contributed by atoms with E-state index < -0.39 is 6.04 Å². The maximum Gasteiger partial charge on any atom is 0.243 e. The number of hydrogen-bond acceptors (Lipinski definition) is 2. The van der Waals surface area contributed by atoms with Crippen LogP contribution in [0.1, 0.15) is 37.0 Å². The van der Waals surface area contributed by atoms with Gasteiger partial charge in [0.1, 0.15) is 11.9 Å². The normalized spacial score (nSPS) is 12.6. The van der Waals surface area contributed by atoms with E-state index >= 15 is 0 Å². The number of halogens is 1. The Balaban J connectivity index is 1.95. The minimum Gasteiger partial charge on any atom is -0.352 e. The molecule has 0 bridgehead atoms. The molecule has 4 nitrogen and oxygen atoms in total. The monoisotopic (exact) mass is 446 g/mol. The van der Waals surface area contributed by atoms with E-state index in [2.05, 4.69) is 5.32 Å². The third kappa shape index (κ3) is 7.28. The van der Waals surface area contributed by atoms with Crippen molar-refractivity contribution in [2.45, 2.75) is 51.7 Å². The lowest BCUT2D eigenvalue weighted by Crippen LogP contribution is -2.52. The molecule has 0 fully saturated rings. The molecule has 0 aliphatic carbocycles. The Hall–Kier alpha value is -3.47. The minimum absolute atomic E-state index is 0.00679. The standard InChI is InChI=1S/C28H31FN2O2/c1-3-21(2)30-28(33)26(18-22-10-6-4-7-11-22)31(20-24-14-16-25(29)17-15-24)27(32)19-23-12-8-5-9-13-23/h4-17,21,26H,3,18-20H2,1-2H3,(H,30,33)/t21-,26-/m0/s1. The van der Waals surface area contributed by atoms with Gasteiger partial charge < -0.3 is 10.2 Å². The van der Waals surface area contributed by atoms with Gasteiger partial charge in [0.15, 0.2) is 0 Å². The zero-order valence-electron chi connectivity index (χ0n) is 19.2. The predicted molar refractivity (Wildman–Crippen MR) is 129 cm³/mol. The zero-order valence-corrected chi connectivity index (χ0v) is 19.2. The van der Waals surface area contributed by atoms with Gasteiger partial charge in [-0.05, 0) is 42.2 Å². The lowest BCUT2D eigenvalue weighted by molar-refractivity contribution is -0.141. The summed E-state index contributed by atoms with van der Waals surface area (Å²) in [6.45, 7) is 4.18. The van der Waals surface area contributed by atoms with Crippen molar-refractivity contribution in [3.8, 4) is 0 Å². The van der Waals surface area contributed by atoms with E-state index in [1.165, 1.54) is 12.1 Å². The van der Waals surface area contributed by atoms with Gasteiger partial charge >= 0.3 is 0 Å². The van der Waals surface area contributed by atoms with Crippen LogP contribution in [0.4, 0.5) is 4.39 Å². The molecule has 1 N–H and O–H groups in total. The molecule has 0 spiro atoms. The number of rotatable bonds is 10. The molecule has 172 valence electrons. The second kappa shape index (κ2) is 12.0. The lowest BCUT2D eigenvalue weighted by Gasteiger charge is -2.32. The number of carbonyl (C=O) groups excluding carboxylic acids is 2. The van der Waals surface area contributed by atoms with Crippen LogP contribution in [0.15, 0.2) is 84.9 Å². The molecule has 0 heterocycles. The van der Waals surface area contributed by atoms with Crippen molar-refractivity contribution in [3.63, 3.8) is 0 Å². The van der Waals surface area contributed by atoms with Gasteiger partial charge in [-0.15, -0.1) is 0 Å². The Bertz CT molecular complexity index is 1020. The molecule has 2 atom stereocenters.